The highest BCUT2D eigenvalue weighted by Crippen LogP contribution is 2.35. The number of aromatic carboxylic acids is 1. The number of rotatable bonds is 9. The average Bonchev–Trinajstić information content (AvgIpc) is 2.77. The van der Waals surface area contributed by atoms with Crippen LogP contribution in [0.5, 0.6) is 17.2 Å². The molecule has 0 aliphatic heterocycles. The van der Waals surface area contributed by atoms with Crippen molar-refractivity contribution in [1.29, 1.82) is 0 Å². The number of nitrogens with one attached hydrogen (secondary N) is 1. The lowest BCUT2D eigenvalue weighted by atomic mass is 10.1. The predicted octanol–water partition coefficient (Wildman–Crippen LogP) is 5.55. The Morgan fingerprint density at radius 1 is 0.968 bits per heavy atom. The van der Waals surface area contributed by atoms with Gasteiger partial charge in [-0.15, -0.1) is 0 Å². The number of hydrogen-bond acceptors (Lipinski definition) is 5. The average molecular weight is 442 g/mol. The molecule has 0 radical (unpaired) electrons. The highest BCUT2D eigenvalue weighted by Gasteiger charge is 2.13. The number of methoxy groups -OCH3 is 2. The fourth-order valence-corrected chi connectivity index (χ4v) is 3.30. The minimum Gasteiger partial charge on any atom is -0.495 e. The van der Waals surface area contributed by atoms with Gasteiger partial charge in [-0.25, -0.2) is 4.79 Å². The Morgan fingerprint density at radius 2 is 1.71 bits per heavy atom. The van der Waals surface area contributed by atoms with Crippen molar-refractivity contribution < 1.29 is 24.1 Å². The minimum atomic E-state index is -1.01. The lowest BCUT2D eigenvalue weighted by Gasteiger charge is -2.16. The standard InChI is InChI=1S/C24H24ClNO5/c1-15-6-4-5-7-17(15)14-31-23-12-19(25)18(11-22(23)30-3)13-26-20-10-16(24(27)28)8-9-21(20)29-2/h4-12,26H,13-14H2,1-3H3,(H,27,28). The molecule has 0 spiro atoms. The van der Waals surface area contributed by atoms with E-state index in [1.54, 1.807) is 25.3 Å². The van der Waals surface area contributed by atoms with Crippen LogP contribution in [0.4, 0.5) is 5.69 Å². The van der Waals surface area contributed by atoms with Crippen molar-refractivity contribution in [1.82, 2.24) is 0 Å². The number of carboxylic acid groups (broad SMARTS) is 1. The summed E-state index contributed by atoms with van der Waals surface area (Å²) in [6.07, 6.45) is 0. The summed E-state index contributed by atoms with van der Waals surface area (Å²) in [4.78, 5) is 11.3. The van der Waals surface area contributed by atoms with Crippen LogP contribution in [0.25, 0.3) is 0 Å². The Labute approximate surface area is 186 Å². The lowest BCUT2D eigenvalue weighted by molar-refractivity contribution is 0.0697. The second-order valence-corrected chi connectivity index (χ2v) is 7.29. The topological polar surface area (TPSA) is 77.0 Å². The third-order valence-electron chi connectivity index (χ3n) is 4.89. The first-order chi connectivity index (χ1) is 14.9. The van der Waals surface area contributed by atoms with Gasteiger partial charge in [0.2, 0.25) is 0 Å². The van der Waals surface area contributed by atoms with Gasteiger partial charge < -0.3 is 24.6 Å². The summed E-state index contributed by atoms with van der Waals surface area (Å²) >= 11 is 6.49. The number of carbonyl (C=O) groups is 1. The van der Waals surface area contributed by atoms with Gasteiger partial charge in [-0.1, -0.05) is 35.9 Å². The largest absolute Gasteiger partial charge is 0.495 e. The zero-order valence-electron chi connectivity index (χ0n) is 17.6. The molecule has 0 bridgehead atoms. The molecular weight excluding hydrogens is 418 g/mol. The highest BCUT2D eigenvalue weighted by molar-refractivity contribution is 6.31. The van der Waals surface area contributed by atoms with Gasteiger partial charge in [0.15, 0.2) is 11.5 Å². The number of anilines is 1. The van der Waals surface area contributed by atoms with Crippen LogP contribution in [0.15, 0.2) is 54.6 Å². The number of benzene rings is 3. The Kier molecular flexibility index (Phi) is 7.26. The van der Waals surface area contributed by atoms with E-state index in [-0.39, 0.29) is 5.56 Å². The zero-order valence-corrected chi connectivity index (χ0v) is 18.3. The molecule has 3 rings (SSSR count). The number of aryl methyl sites for hydroxylation is 1. The number of hydrogen-bond donors (Lipinski definition) is 2. The van der Waals surface area contributed by atoms with Crippen LogP contribution in [0, 0.1) is 6.92 Å². The van der Waals surface area contributed by atoms with E-state index >= 15 is 0 Å². The van der Waals surface area contributed by atoms with Crippen LogP contribution in [0.2, 0.25) is 5.02 Å². The molecule has 3 aromatic carbocycles. The van der Waals surface area contributed by atoms with Gasteiger partial charge in [-0.3, -0.25) is 0 Å². The third-order valence-corrected chi connectivity index (χ3v) is 5.24. The van der Waals surface area contributed by atoms with Gasteiger partial charge in [0.05, 0.1) is 25.5 Å². The fourth-order valence-electron chi connectivity index (χ4n) is 3.08. The summed E-state index contributed by atoms with van der Waals surface area (Å²) in [5.41, 5.74) is 3.71. The molecule has 0 aromatic heterocycles. The second kappa shape index (κ2) is 10.1. The van der Waals surface area contributed by atoms with E-state index in [0.29, 0.717) is 41.1 Å². The fraction of sp³-hybridized carbons (Fsp3) is 0.208. The summed E-state index contributed by atoms with van der Waals surface area (Å²) in [6, 6.07) is 16.1. The second-order valence-electron chi connectivity index (χ2n) is 6.88. The molecule has 0 saturated heterocycles. The van der Waals surface area contributed by atoms with Crippen molar-refractivity contribution in [3.8, 4) is 17.2 Å². The highest BCUT2D eigenvalue weighted by atomic mass is 35.5. The van der Waals surface area contributed by atoms with Crippen LogP contribution in [0.1, 0.15) is 27.0 Å². The molecule has 0 unspecified atom stereocenters. The van der Waals surface area contributed by atoms with Crippen molar-refractivity contribution in [2.24, 2.45) is 0 Å². The predicted molar refractivity (Wildman–Crippen MR) is 121 cm³/mol. The van der Waals surface area contributed by atoms with Gasteiger partial charge in [-0.05, 0) is 47.9 Å². The van der Waals surface area contributed by atoms with E-state index in [9.17, 15) is 9.90 Å². The molecule has 0 heterocycles. The monoisotopic (exact) mass is 441 g/mol. The molecule has 0 saturated carbocycles. The molecule has 3 aromatic rings. The molecule has 31 heavy (non-hydrogen) atoms. The van der Waals surface area contributed by atoms with Crippen LogP contribution < -0.4 is 19.5 Å². The maximum atomic E-state index is 11.3. The van der Waals surface area contributed by atoms with Crippen LogP contribution >= 0.6 is 11.6 Å². The quantitative estimate of drug-likeness (QED) is 0.453. The summed E-state index contributed by atoms with van der Waals surface area (Å²) in [7, 11) is 3.10. The lowest BCUT2D eigenvalue weighted by Crippen LogP contribution is -2.05. The molecule has 0 aliphatic rings. The summed E-state index contributed by atoms with van der Waals surface area (Å²) in [6.45, 7) is 2.77. The van der Waals surface area contributed by atoms with E-state index in [1.807, 2.05) is 31.2 Å². The first-order valence-corrected chi connectivity index (χ1v) is 9.99. The number of carboxylic acids is 1. The van der Waals surface area contributed by atoms with Gasteiger partial charge in [0.1, 0.15) is 12.4 Å². The van der Waals surface area contributed by atoms with Crippen LogP contribution in [-0.4, -0.2) is 25.3 Å². The summed E-state index contributed by atoms with van der Waals surface area (Å²) < 4.78 is 16.8. The van der Waals surface area contributed by atoms with E-state index in [4.69, 9.17) is 25.8 Å². The molecule has 0 atom stereocenters. The smallest absolute Gasteiger partial charge is 0.335 e. The maximum absolute atomic E-state index is 11.3. The summed E-state index contributed by atoms with van der Waals surface area (Å²) in [5, 5.41) is 12.9. The molecule has 0 fully saturated rings. The molecule has 0 aliphatic carbocycles. The Bertz CT molecular complexity index is 1080. The summed E-state index contributed by atoms with van der Waals surface area (Å²) in [5.74, 6) is 0.623. The zero-order chi connectivity index (χ0) is 22.4. The van der Waals surface area contributed by atoms with E-state index < -0.39 is 5.97 Å². The first kappa shape index (κ1) is 22.3. The van der Waals surface area contributed by atoms with Crippen molar-refractivity contribution >= 4 is 23.3 Å². The SMILES string of the molecule is COc1ccc(C(=O)O)cc1NCc1cc(OC)c(OCc2ccccc2C)cc1Cl. The van der Waals surface area contributed by atoms with E-state index in [0.717, 1.165) is 16.7 Å². The number of halogens is 1. The molecule has 0 amide bonds. The number of ether oxygens (including phenoxy) is 3. The van der Waals surface area contributed by atoms with Crippen molar-refractivity contribution in [3.63, 3.8) is 0 Å². The Morgan fingerprint density at radius 3 is 2.39 bits per heavy atom. The van der Waals surface area contributed by atoms with Crippen molar-refractivity contribution in [2.45, 2.75) is 20.1 Å². The Balaban J connectivity index is 1.78. The van der Waals surface area contributed by atoms with Crippen LogP contribution in [-0.2, 0) is 13.2 Å². The van der Waals surface area contributed by atoms with Gasteiger partial charge in [-0.2, -0.15) is 0 Å². The minimum absolute atomic E-state index is 0.159. The van der Waals surface area contributed by atoms with Gasteiger partial charge in [0, 0.05) is 17.6 Å². The Hall–Kier alpha value is -3.38. The molecule has 6 nitrogen and oxygen atoms in total. The normalized spacial score (nSPS) is 10.5. The van der Waals surface area contributed by atoms with Crippen molar-refractivity contribution in [3.05, 3.63) is 81.9 Å². The molecule has 2 N–H and O–H groups in total. The van der Waals surface area contributed by atoms with E-state index in [2.05, 4.69) is 5.32 Å². The van der Waals surface area contributed by atoms with Crippen molar-refractivity contribution in [2.75, 3.05) is 19.5 Å². The first-order valence-electron chi connectivity index (χ1n) is 9.62. The van der Waals surface area contributed by atoms with E-state index in [1.165, 1.54) is 19.2 Å². The molecule has 7 heteroatoms. The van der Waals surface area contributed by atoms with Gasteiger partial charge in [0.25, 0.3) is 0 Å². The molecular formula is C24H24ClNO5. The van der Waals surface area contributed by atoms with Crippen LogP contribution in [0.3, 0.4) is 0 Å². The maximum Gasteiger partial charge on any atom is 0.335 e. The molecule has 162 valence electrons. The van der Waals surface area contributed by atoms with Gasteiger partial charge >= 0.3 is 5.97 Å². The third kappa shape index (κ3) is 5.41.